The molecule has 1 unspecified atom stereocenters. The fourth-order valence-electron chi connectivity index (χ4n) is 3.51. The highest BCUT2D eigenvalue weighted by atomic mass is 35.5. The third-order valence-corrected chi connectivity index (χ3v) is 6.98. The van der Waals surface area contributed by atoms with Gasteiger partial charge in [0.1, 0.15) is 5.82 Å². The highest BCUT2D eigenvalue weighted by Crippen LogP contribution is 2.38. The highest BCUT2D eigenvalue weighted by Gasteiger charge is 2.32. The van der Waals surface area contributed by atoms with Crippen molar-refractivity contribution in [2.45, 2.75) is 30.2 Å². The van der Waals surface area contributed by atoms with Gasteiger partial charge in [0.25, 0.3) is 5.56 Å². The van der Waals surface area contributed by atoms with Gasteiger partial charge in [-0.25, -0.2) is 0 Å². The summed E-state index contributed by atoms with van der Waals surface area (Å²) < 4.78 is 1.77. The molecule has 5 nitrogen and oxygen atoms in total. The maximum atomic E-state index is 13.0. The fourth-order valence-corrected chi connectivity index (χ4v) is 4.74. The second-order valence-electron chi connectivity index (χ2n) is 7.27. The summed E-state index contributed by atoms with van der Waals surface area (Å²) in [6.45, 7) is 2.04. The van der Waals surface area contributed by atoms with Crippen molar-refractivity contribution in [3.8, 4) is 0 Å². The molecule has 1 atom stereocenters. The Hall–Kier alpha value is -2.28. The Kier molecular flexibility index (Phi) is 5.91. The molecule has 0 saturated heterocycles. The lowest BCUT2D eigenvalue weighted by Crippen LogP contribution is -2.33. The molecule has 0 saturated carbocycles. The van der Waals surface area contributed by atoms with E-state index in [-0.39, 0.29) is 17.9 Å². The van der Waals surface area contributed by atoms with Crippen LogP contribution in [0.4, 0.5) is 5.82 Å². The zero-order valence-corrected chi connectivity index (χ0v) is 18.7. The number of carbonyl (C=O) groups excluding carboxylic acids is 1. The minimum absolute atomic E-state index is 0.151. The van der Waals surface area contributed by atoms with E-state index in [1.807, 2.05) is 6.92 Å². The monoisotopic (exact) mass is 459 g/mol. The predicted molar refractivity (Wildman–Crippen MR) is 122 cm³/mol. The normalized spacial score (nSPS) is 15.6. The zero-order valence-electron chi connectivity index (χ0n) is 16.4. The van der Waals surface area contributed by atoms with Crippen LogP contribution in [0, 0.1) is 6.92 Å². The Morgan fingerprint density at radius 3 is 2.57 bits per heavy atom. The van der Waals surface area contributed by atoms with Crippen LogP contribution in [0.5, 0.6) is 0 Å². The number of anilines is 1. The van der Waals surface area contributed by atoms with Gasteiger partial charge >= 0.3 is 0 Å². The van der Waals surface area contributed by atoms with Gasteiger partial charge in [-0.2, -0.15) is 4.98 Å². The number of aromatic nitrogens is 2. The molecule has 30 heavy (non-hydrogen) atoms. The van der Waals surface area contributed by atoms with E-state index in [4.69, 9.17) is 23.2 Å². The summed E-state index contributed by atoms with van der Waals surface area (Å²) >= 11 is 13.7. The third kappa shape index (κ3) is 4.13. The van der Waals surface area contributed by atoms with Crippen LogP contribution in [-0.4, -0.2) is 15.5 Å². The number of aryl methyl sites for hydroxylation is 1. The lowest BCUT2D eigenvalue weighted by molar-refractivity contribution is -0.116. The van der Waals surface area contributed by atoms with Gasteiger partial charge in [0, 0.05) is 25.1 Å². The largest absolute Gasteiger partial charge is 0.312 e. The van der Waals surface area contributed by atoms with Crippen molar-refractivity contribution in [2.75, 3.05) is 5.32 Å². The average Bonchev–Trinajstić information content (AvgIpc) is 2.72. The fraction of sp³-hybridized carbons (Fsp3) is 0.227. The summed E-state index contributed by atoms with van der Waals surface area (Å²) in [5, 5.41) is 4.21. The van der Waals surface area contributed by atoms with E-state index in [9.17, 15) is 9.59 Å². The maximum Gasteiger partial charge on any atom is 0.279 e. The number of nitrogens with one attached hydrogen (secondary N) is 1. The molecule has 2 heterocycles. The summed E-state index contributed by atoms with van der Waals surface area (Å²) in [6, 6.07) is 13.4. The van der Waals surface area contributed by atoms with Crippen LogP contribution in [0.2, 0.25) is 10.0 Å². The average molecular weight is 460 g/mol. The Labute approximate surface area is 188 Å². The number of benzene rings is 2. The molecule has 2 aromatic carbocycles. The lowest BCUT2D eigenvalue weighted by atomic mass is 9.87. The molecule has 1 aliphatic heterocycles. The lowest BCUT2D eigenvalue weighted by Gasteiger charge is -2.27. The van der Waals surface area contributed by atoms with Crippen molar-refractivity contribution in [2.24, 2.45) is 7.05 Å². The van der Waals surface area contributed by atoms with E-state index in [0.717, 1.165) is 11.1 Å². The number of hydrogen-bond acceptors (Lipinski definition) is 4. The van der Waals surface area contributed by atoms with Crippen molar-refractivity contribution in [3.63, 3.8) is 0 Å². The molecule has 3 aromatic rings. The van der Waals surface area contributed by atoms with E-state index in [0.29, 0.717) is 32.3 Å². The highest BCUT2D eigenvalue weighted by molar-refractivity contribution is 7.98. The number of thioether (sulfide) groups is 1. The summed E-state index contributed by atoms with van der Waals surface area (Å²) in [4.78, 5) is 29.7. The number of hydrogen-bond donors (Lipinski definition) is 1. The minimum Gasteiger partial charge on any atom is -0.312 e. The summed E-state index contributed by atoms with van der Waals surface area (Å²) in [6.07, 6.45) is 0.151. The van der Waals surface area contributed by atoms with Gasteiger partial charge in [0.05, 0.1) is 15.6 Å². The summed E-state index contributed by atoms with van der Waals surface area (Å²) in [5.41, 5.74) is 3.22. The number of nitrogens with zero attached hydrogens (tertiary/aromatic N) is 2. The topological polar surface area (TPSA) is 64.0 Å². The van der Waals surface area contributed by atoms with Crippen molar-refractivity contribution < 1.29 is 4.79 Å². The van der Waals surface area contributed by atoms with Crippen LogP contribution in [0.1, 0.15) is 34.6 Å². The van der Waals surface area contributed by atoms with Crippen LogP contribution in [0.15, 0.2) is 52.4 Å². The first-order valence-electron chi connectivity index (χ1n) is 9.37. The molecule has 0 radical (unpaired) electrons. The van der Waals surface area contributed by atoms with E-state index in [1.54, 1.807) is 29.8 Å². The van der Waals surface area contributed by atoms with Crippen molar-refractivity contribution >= 4 is 46.7 Å². The van der Waals surface area contributed by atoms with Crippen molar-refractivity contribution in [3.05, 3.63) is 85.1 Å². The molecular formula is C22H19Cl2N3O2S. The van der Waals surface area contributed by atoms with Crippen LogP contribution in [-0.2, 0) is 17.6 Å². The molecule has 1 aromatic heterocycles. The predicted octanol–water partition coefficient (Wildman–Crippen LogP) is 5.16. The SMILES string of the molecule is Cc1ccc(CSc2nc(=O)c3c(n2C)NC(=O)CC3c2ccc(Cl)c(Cl)c2)cc1. The van der Waals surface area contributed by atoms with Gasteiger partial charge in [0.15, 0.2) is 5.16 Å². The molecule has 0 spiro atoms. The van der Waals surface area contributed by atoms with Gasteiger partial charge in [-0.15, -0.1) is 0 Å². The first-order valence-corrected chi connectivity index (χ1v) is 11.1. The zero-order chi connectivity index (χ0) is 21.4. The summed E-state index contributed by atoms with van der Waals surface area (Å²) in [5.74, 6) is 0.567. The minimum atomic E-state index is -0.425. The van der Waals surface area contributed by atoms with E-state index in [1.165, 1.54) is 17.3 Å². The second-order valence-corrected chi connectivity index (χ2v) is 9.03. The molecule has 1 aliphatic rings. The van der Waals surface area contributed by atoms with Gasteiger partial charge in [-0.3, -0.25) is 9.59 Å². The molecule has 0 aliphatic carbocycles. The first kappa shape index (κ1) is 21.0. The van der Waals surface area contributed by atoms with Crippen molar-refractivity contribution in [1.82, 2.24) is 9.55 Å². The van der Waals surface area contributed by atoms with Crippen LogP contribution in [0.3, 0.4) is 0 Å². The smallest absolute Gasteiger partial charge is 0.279 e. The molecule has 1 N–H and O–H groups in total. The van der Waals surface area contributed by atoms with E-state index < -0.39 is 5.92 Å². The molecule has 8 heteroatoms. The van der Waals surface area contributed by atoms with Gasteiger partial charge in [-0.1, -0.05) is 70.9 Å². The van der Waals surface area contributed by atoms with Gasteiger partial charge in [0.2, 0.25) is 5.91 Å². The van der Waals surface area contributed by atoms with Crippen LogP contribution < -0.4 is 10.9 Å². The Morgan fingerprint density at radius 2 is 1.87 bits per heavy atom. The van der Waals surface area contributed by atoms with Crippen molar-refractivity contribution in [1.29, 1.82) is 0 Å². The Morgan fingerprint density at radius 1 is 1.13 bits per heavy atom. The molecule has 4 rings (SSSR count). The van der Waals surface area contributed by atoms with Gasteiger partial charge < -0.3 is 9.88 Å². The number of halogens is 2. The molecule has 0 bridgehead atoms. The Bertz CT molecular complexity index is 1190. The number of fused-ring (bicyclic) bond motifs is 1. The second kappa shape index (κ2) is 8.46. The third-order valence-electron chi connectivity index (χ3n) is 5.14. The molecule has 154 valence electrons. The first-order chi connectivity index (χ1) is 14.3. The van der Waals surface area contributed by atoms with E-state index in [2.05, 4.69) is 34.6 Å². The van der Waals surface area contributed by atoms with Crippen LogP contribution in [0.25, 0.3) is 0 Å². The maximum absolute atomic E-state index is 13.0. The summed E-state index contributed by atoms with van der Waals surface area (Å²) in [7, 11) is 1.81. The Balaban J connectivity index is 1.71. The standard InChI is InChI=1S/C22H19Cl2N3O2S/c1-12-3-5-13(6-4-12)11-30-22-26-21(29)19-15(10-18(28)25-20(19)27(22)2)14-7-8-16(23)17(24)9-14/h3-9,15H,10-11H2,1-2H3,(H,25,28). The molecule has 0 fully saturated rings. The van der Waals surface area contributed by atoms with Crippen LogP contribution >= 0.6 is 35.0 Å². The van der Waals surface area contributed by atoms with Gasteiger partial charge in [-0.05, 0) is 30.2 Å². The number of amides is 1. The van der Waals surface area contributed by atoms with E-state index >= 15 is 0 Å². The molecular weight excluding hydrogens is 441 g/mol. The quantitative estimate of drug-likeness (QED) is 0.432. The molecule has 1 amide bonds. The number of carbonyl (C=O) groups is 1. The number of rotatable bonds is 4.